The van der Waals surface area contributed by atoms with Crippen LogP contribution >= 0.6 is 0 Å². The summed E-state index contributed by atoms with van der Waals surface area (Å²) in [7, 11) is 1.97. The topological polar surface area (TPSA) is 24.9 Å². The van der Waals surface area contributed by atoms with Crippen LogP contribution in [0.1, 0.15) is 30.9 Å². The Balaban J connectivity index is 2.51. The number of aromatic nitrogens is 1. The maximum Gasteiger partial charge on any atom is 0.0318 e. The normalized spacial score (nSPS) is 12.0. The minimum absolute atomic E-state index is 0.395. The third kappa shape index (κ3) is 3.20. The highest BCUT2D eigenvalue weighted by molar-refractivity contribution is 5.14. The molecule has 74 valence electrons. The quantitative estimate of drug-likeness (QED) is 0.565. The average Bonchev–Trinajstić information content (AvgIpc) is 2.26. The van der Waals surface area contributed by atoms with E-state index >= 15 is 0 Å². The fourth-order valence-electron chi connectivity index (χ4n) is 1.48. The van der Waals surface area contributed by atoms with E-state index in [-0.39, 0.29) is 0 Å². The Labute approximate surface area is 85.8 Å². The maximum atomic E-state index is 5.21. The molecule has 0 bridgehead atoms. The molecule has 0 fully saturated rings. The van der Waals surface area contributed by atoms with E-state index < -0.39 is 0 Å². The molecule has 0 aliphatic carbocycles. The molecule has 0 aliphatic rings. The maximum absolute atomic E-state index is 5.21. The number of rotatable bonds is 5. The van der Waals surface area contributed by atoms with Gasteiger partial charge in [-0.3, -0.25) is 4.98 Å². The first-order chi connectivity index (χ1) is 6.88. The zero-order valence-corrected chi connectivity index (χ0v) is 8.53. The number of pyridine rings is 1. The molecule has 1 atom stereocenters. The molecule has 1 rings (SSSR count). The van der Waals surface area contributed by atoms with E-state index in [1.807, 2.05) is 31.6 Å². The highest BCUT2D eigenvalue weighted by Crippen LogP contribution is 2.17. The largest absolute Gasteiger partial charge is 0.313 e. The zero-order valence-electron chi connectivity index (χ0n) is 8.53. The smallest absolute Gasteiger partial charge is 0.0318 e. The highest BCUT2D eigenvalue weighted by atomic mass is 14.9. The number of nitrogens with zero attached hydrogens (tertiary/aromatic N) is 1. The predicted octanol–water partition coefficient (Wildman–Crippen LogP) is 2.15. The van der Waals surface area contributed by atoms with Crippen LogP contribution in [0, 0.1) is 12.3 Å². The van der Waals surface area contributed by atoms with Gasteiger partial charge in [0.2, 0.25) is 0 Å². The molecule has 0 spiro atoms. The Morgan fingerprint density at radius 2 is 2.21 bits per heavy atom. The molecule has 0 aliphatic heterocycles. The van der Waals surface area contributed by atoms with Crippen LogP contribution in [-0.2, 0) is 0 Å². The van der Waals surface area contributed by atoms with Crippen molar-refractivity contribution in [2.45, 2.75) is 25.3 Å². The molecule has 1 heterocycles. The second kappa shape index (κ2) is 6.17. The van der Waals surface area contributed by atoms with E-state index in [0.29, 0.717) is 6.04 Å². The Hall–Kier alpha value is -1.33. The lowest BCUT2D eigenvalue weighted by molar-refractivity contribution is 0.531. The standard InChI is InChI=1S/C12H16N2/c1-3-4-5-6-12(13-2)11-7-9-14-10-8-11/h1,7-10,12-13H,4-6H2,2H3. The summed E-state index contributed by atoms with van der Waals surface area (Å²) in [5.74, 6) is 2.66. The first kappa shape index (κ1) is 10.7. The summed E-state index contributed by atoms with van der Waals surface area (Å²) in [6.07, 6.45) is 11.8. The van der Waals surface area contributed by atoms with Crippen molar-refractivity contribution in [1.29, 1.82) is 0 Å². The number of nitrogens with one attached hydrogen (secondary N) is 1. The Morgan fingerprint density at radius 3 is 2.79 bits per heavy atom. The fourth-order valence-corrected chi connectivity index (χ4v) is 1.48. The van der Waals surface area contributed by atoms with Crippen molar-refractivity contribution in [2.24, 2.45) is 0 Å². The van der Waals surface area contributed by atoms with E-state index in [0.717, 1.165) is 19.3 Å². The van der Waals surface area contributed by atoms with Crippen LogP contribution in [0.3, 0.4) is 0 Å². The second-order valence-electron chi connectivity index (χ2n) is 3.22. The zero-order chi connectivity index (χ0) is 10.2. The Bertz CT molecular complexity index is 287. The molecule has 0 radical (unpaired) electrons. The number of terminal acetylenes is 1. The molecule has 1 N–H and O–H groups in total. The molecular weight excluding hydrogens is 172 g/mol. The third-order valence-electron chi connectivity index (χ3n) is 2.27. The lowest BCUT2D eigenvalue weighted by atomic mass is 10.0. The van der Waals surface area contributed by atoms with Gasteiger partial charge < -0.3 is 5.32 Å². The van der Waals surface area contributed by atoms with E-state index in [2.05, 4.69) is 16.2 Å². The van der Waals surface area contributed by atoms with Crippen molar-refractivity contribution in [3.63, 3.8) is 0 Å². The molecule has 0 aromatic carbocycles. The van der Waals surface area contributed by atoms with Crippen molar-refractivity contribution >= 4 is 0 Å². The summed E-state index contributed by atoms with van der Waals surface area (Å²) in [6, 6.07) is 4.47. The SMILES string of the molecule is C#CCCCC(NC)c1ccncc1. The summed E-state index contributed by atoms with van der Waals surface area (Å²) in [4.78, 5) is 4.00. The van der Waals surface area contributed by atoms with E-state index in [4.69, 9.17) is 6.42 Å². The molecule has 2 nitrogen and oxygen atoms in total. The molecular formula is C12H16N2. The van der Waals surface area contributed by atoms with Crippen LogP contribution in [0.15, 0.2) is 24.5 Å². The highest BCUT2D eigenvalue weighted by Gasteiger charge is 2.07. The van der Waals surface area contributed by atoms with Crippen LogP contribution in [0.2, 0.25) is 0 Å². The fraction of sp³-hybridized carbons (Fsp3) is 0.417. The van der Waals surface area contributed by atoms with Crippen molar-refractivity contribution in [2.75, 3.05) is 7.05 Å². The van der Waals surface area contributed by atoms with Gasteiger partial charge >= 0.3 is 0 Å². The van der Waals surface area contributed by atoms with Gasteiger partial charge in [0.05, 0.1) is 0 Å². The van der Waals surface area contributed by atoms with Gasteiger partial charge in [-0.1, -0.05) is 0 Å². The van der Waals surface area contributed by atoms with Gasteiger partial charge in [-0.15, -0.1) is 12.3 Å². The molecule has 0 saturated heterocycles. The minimum atomic E-state index is 0.395. The van der Waals surface area contributed by atoms with E-state index in [9.17, 15) is 0 Å². The van der Waals surface area contributed by atoms with Crippen molar-refractivity contribution in [1.82, 2.24) is 10.3 Å². The molecule has 2 heteroatoms. The Kier molecular flexibility index (Phi) is 4.74. The lowest BCUT2D eigenvalue weighted by Crippen LogP contribution is -2.16. The summed E-state index contributed by atoms with van der Waals surface area (Å²) in [5, 5.41) is 3.28. The first-order valence-electron chi connectivity index (χ1n) is 4.89. The summed E-state index contributed by atoms with van der Waals surface area (Å²) in [6.45, 7) is 0. The summed E-state index contributed by atoms with van der Waals surface area (Å²) < 4.78 is 0. The van der Waals surface area contributed by atoms with Gasteiger partial charge in [-0.2, -0.15) is 0 Å². The van der Waals surface area contributed by atoms with Gasteiger partial charge in [0.1, 0.15) is 0 Å². The van der Waals surface area contributed by atoms with Gasteiger partial charge in [0, 0.05) is 24.9 Å². The van der Waals surface area contributed by atoms with Gasteiger partial charge in [0.15, 0.2) is 0 Å². The van der Waals surface area contributed by atoms with Crippen LogP contribution in [-0.4, -0.2) is 12.0 Å². The van der Waals surface area contributed by atoms with Crippen LogP contribution in [0.5, 0.6) is 0 Å². The number of hydrogen-bond donors (Lipinski definition) is 1. The van der Waals surface area contributed by atoms with Crippen LogP contribution < -0.4 is 5.32 Å². The van der Waals surface area contributed by atoms with Crippen molar-refractivity contribution in [3.8, 4) is 12.3 Å². The average molecular weight is 188 g/mol. The van der Waals surface area contributed by atoms with Gasteiger partial charge in [-0.25, -0.2) is 0 Å². The molecule has 14 heavy (non-hydrogen) atoms. The lowest BCUT2D eigenvalue weighted by Gasteiger charge is -2.15. The predicted molar refractivity (Wildman–Crippen MR) is 58.7 cm³/mol. The molecule has 1 unspecified atom stereocenters. The molecule has 0 amide bonds. The molecule has 1 aromatic rings. The van der Waals surface area contributed by atoms with Crippen LogP contribution in [0.25, 0.3) is 0 Å². The number of hydrogen-bond acceptors (Lipinski definition) is 2. The monoisotopic (exact) mass is 188 g/mol. The molecule has 0 saturated carbocycles. The van der Waals surface area contributed by atoms with Gasteiger partial charge in [0.25, 0.3) is 0 Å². The van der Waals surface area contributed by atoms with E-state index in [1.54, 1.807) is 0 Å². The summed E-state index contributed by atoms with van der Waals surface area (Å²) >= 11 is 0. The van der Waals surface area contributed by atoms with Gasteiger partial charge in [-0.05, 0) is 37.6 Å². The summed E-state index contributed by atoms with van der Waals surface area (Å²) in [5.41, 5.74) is 1.28. The second-order valence-corrected chi connectivity index (χ2v) is 3.22. The Morgan fingerprint density at radius 1 is 1.50 bits per heavy atom. The van der Waals surface area contributed by atoms with Crippen molar-refractivity contribution in [3.05, 3.63) is 30.1 Å². The third-order valence-corrected chi connectivity index (χ3v) is 2.27. The number of unbranched alkanes of at least 4 members (excludes halogenated alkanes) is 1. The van der Waals surface area contributed by atoms with E-state index in [1.165, 1.54) is 5.56 Å². The van der Waals surface area contributed by atoms with Crippen LogP contribution in [0.4, 0.5) is 0 Å². The molecule has 1 aromatic heterocycles. The first-order valence-corrected chi connectivity index (χ1v) is 4.89. The minimum Gasteiger partial charge on any atom is -0.313 e. The van der Waals surface area contributed by atoms with Crippen molar-refractivity contribution < 1.29 is 0 Å².